The van der Waals surface area contributed by atoms with Gasteiger partial charge in [0.25, 0.3) is 5.91 Å². The van der Waals surface area contributed by atoms with Crippen molar-refractivity contribution < 1.29 is 4.79 Å². The molecule has 0 unspecified atom stereocenters. The number of amides is 1. The number of imidazole rings is 1. The van der Waals surface area contributed by atoms with Crippen LogP contribution in [0, 0.1) is 25.2 Å². The van der Waals surface area contributed by atoms with Crippen LogP contribution in [0.15, 0.2) is 46.8 Å². The first-order valence-corrected chi connectivity index (χ1v) is 8.47. The lowest BCUT2D eigenvalue weighted by Crippen LogP contribution is -2.19. The van der Waals surface area contributed by atoms with Gasteiger partial charge in [0.2, 0.25) is 0 Å². The fraction of sp³-hybridized carbons (Fsp3) is 0.190. The molecule has 136 valence electrons. The SMILES string of the molecule is Cc1ccc(NC(=O)C(C#N)=Cc2ccc3c(c2)n(C)c(=O)n3C)cc1C. The van der Waals surface area contributed by atoms with Crippen LogP contribution in [0.25, 0.3) is 17.1 Å². The van der Waals surface area contributed by atoms with E-state index >= 15 is 0 Å². The van der Waals surface area contributed by atoms with Gasteiger partial charge in [0.15, 0.2) is 0 Å². The Kier molecular flexibility index (Phi) is 4.70. The highest BCUT2D eigenvalue weighted by Gasteiger charge is 2.12. The summed E-state index contributed by atoms with van der Waals surface area (Å²) in [5.74, 6) is -0.470. The van der Waals surface area contributed by atoms with E-state index in [1.54, 1.807) is 42.9 Å². The number of rotatable bonds is 3. The van der Waals surface area contributed by atoms with Crippen LogP contribution in [-0.2, 0) is 18.9 Å². The molecule has 0 aliphatic rings. The molecule has 0 atom stereocenters. The zero-order valence-electron chi connectivity index (χ0n) is 15.7. The van der Waals surface area contributed by atoms with E-state index < -0.39 is 5.91 Å². The zero-order chi connectivity index (χ0) is 19.7. The number of nitriles is 1. The summed E-state index contributed by atoms with van der Waals surface area (Å²) in [6.45, 7) is 3.96. The van der Waals surface area contributed by atoms with E-state index in [9.17, 15) is 14.9 Å². The van der Waals surface area contributed by atoms with Crippen LogP contribution in [-0.4, -0.2) is 15.0 Å². The minimum atomic E-state index is -0.470. The Labute approximate surface area is 157 Å². The van der Waals surface area contributed by atoms with E-state index in [4.69, 9.17) is 0 Å². The second-order valence-corrected chi connectivity index (χ2v) is 6.57. The molecule has 27 heavy (non-hydrogen) atoms. The number of nitrogens with zero attached hydrogens (tertiary/aromatic N) is 3. The number of aromatic nitrogens is 2. The van der Waals surface area contributed by atoms with E-state index in [0.29, 0.717) is 11.3 Å². The molecule has 3 aromatic rings. The summed E-state index contributed by atoms with van der Waals surface area (Å²) in [5.41, 5.74) is 4.91. The molecule has 6 nitrogen and oxygen atoms in total. The molecule has 0 radical (unpaired) electrons. The minimum Gasteiger partial charge on any atom is -0.321 e. The van der Waals surface area contributed by atoms with E-state index in [1.807, 2.05) is 32.0 Å². The molecule has 0 aliphatic carbocycles. The third-order valence-electron chi connectivity index (χ3n) is 4.74. The fourth-order valence-corrected chi connectivity index (χ4v) is 2.95. The average molecular weight is 360 g/mol. The van der Waals surface area contributed by atoms with Crippen molar-refractivity contribution in [2.75, 3.05) is 5.32 Å². The van der Waals surface area contributed by atoms with Crippen molar-refractivity contribution in [2.24, 2.45) is 14.1 Å². The number of hydrogen-bond acceptors (Lipinski definition) is 3. The Bertz CT molecular complexity index is 1190. The highest BCUT2D eigenvalue weighted by Crippen LogP contribution is 2.18. The topological polar surface area (TPSA) is 79.8 Å². The molecule has 0 spiro atoms. The van der Waals surface area contributed by atoms with Gasteiger partial charge in [-0.2, -0.15) is 5.26 Å². The molecule has 1 aromatic heterocycles. The van der Waals surface area contributed by atoms with Crippen molar-refractivity contribution in [3.63, 3.8) is 0 Å². The van der Waals surface area contributed by atoms with Gasteiger partial charge in [-0.25, -0.2) is 4.79 Å². The van der Waals surface area contributed by atoms with Crippen LogP contribution in [0.1, 0.15) is 16.7 Å². The molecular weight excluding hydrogens is 340 g/mol. The van der Waals surface area contributed by atoms with Gasteiger partial charge in [-0.15, -0.1) is 0 Å². The standard InChI is InChI=1S/C21H20N4O2/c1-13-5-7-17(9-14(13)2)23-20(26)16(12-22)10-15-6-8-18-19(11-15)25(4)21(27)24(18)3/h5-11H,1-4H3,(H,23,26). The monoisotopic (exact) mass is 360 g/mol. The fourth-order valence-electron chi connectivity index (χ4n) is 2.95. The van der Waals surface area contributed by atoms with Crippen LogP contribution in [0.4, 0.5) is 5.69 Å². The van der Waals surface area contributed by atoms with Crippen molar-refractivity contribution >= 4 is 28.7 Å². The summed E-state index contributed by atoms with van der Waals surface area (Å²) in [7, 11) is 3.40. The number of fused-ring (bicyclic) bond motifs is 1. The van der Waals surface area contributed by atoms with Gasteiger partial charge < -0.3 is 5.32 Å². The summed E-state index contributed by atoms with van der Waals surface area (Å²) in [6, 6.07) is 12.9. The van der Waals surface area contributed by atoms with E-state index in [-0.39, 0.29) is 11.3 Å². The van der Waals surface area contributed by atoms with Crippen LogP contribution in [0.2, 0.25) is 0 Å². The lowest BCUT2D eigenvalue weighted by molar-refractivity contribution is -0.112. The van der Waals surface area contributed by atoms with Crippen molar-refractivity contribution in [1.82, 2.24) is 9.13 Å². The molecule has 0 bridgehead atoms. The summed E-state index contributed by atoms with van der Waals surface area (Å²) >= 11 is 0. The van der Waals surface area contributed by atoms with Crippen molar-refractivity contribution in [3.05, 3.63) is 69.1 Å². The van der Waals surface area contributed by atoms with Gasteiger partial charge in [0.05, 0.1) is 11.0 Å². The lowest BCUT2D eigenvalue weighted by Gasteiger charge is -2.07. The van der Waals surface area contributed by atoms with Gasteiger partial charge in [0.1, 0.15) is 11.6 Å². The molecule has 1 amide bonds. The van der Waals surface area contributed by atoms with Gasteiger partial charge in [0, 0.05) is 19.8 Å². The van der Waals surface area contributed by atoms with Gasteiger partial charge in [-0.1, -0.05) is 12.1 Å². The second kappa shape index (κ2) is 6.96. The molecule has 0 saturated carbocycles. The summed E-state index contributed by atoms with van der Waals surface area (Å²) in [5, 5.41) is 12.2. The lowest BCUT2D eigenvalue weighted by atomic mass is 10.1. The number of carbonyl (C=O) groups excluding carboxylic acids is 1. The van der Waals surface area contributed by atoms with Crippen LogP contribution in [0.3, 0.4) is 0 Å². The van der Waals surface area contributed by atoms with Crippen LogP contribution < -0.4 is 11.0 Å². The maximum Gasteiger partial charge on any atom is 0.328 e. The Morgan fingerprint density at radius 3 is 2.41 bits per heavy atom. The van der Waals surface area contributed by atoms with Crippen LogP contribution in [0.5, 0.6) is 0 Å². The first-order valence-electron chi connectivity index (χ1n) is 8.47. The molecule has 6 heteroatoms. The van der Waals surface area contributed by atoms with E-state index in [1.165, 1.54) is 10.6 Å². The molecular formula is C21H20N4O2. The number of nitrogens with one attached hydrogen (secondary N) is 1. The van der Waals surface area contributed by atoms with Gasteiger partial charge >= 0.3 is 5.69 Å². The van der Waals surface area contributed by atoms with Crippen molar-refractivity contribution in [3.8, 4) is 6.07 Å². The molecule has 1 N–H and O–H groups in total. The number of hydrogen-bond donors (Lipinski definition) is 1. The van der Waals surface area contributed by atoms with E-state index in [2.05, 4.69) is 5.32 Å². The number of aryl methyl sites for hydroxylation is 4. The summed E-state index contributed by atoms with van der Waals surface area (Å²) in [6.07, 6.45) is 1.52. The Balaban J connectivity index is 1.93. The molecule has 0 aliphatic heterocycles. The smallest absolute Gasteiger partial charge is 0.321 e. The molecule has 0 fully saturated rings. The first-order chi connectivity index (χ1) is 12.8. The normalized spacial score (nSPS) is 11.4. The van der Waals surface area contributed by atoms with Crippen molar-refractivity contribution in [1.29, 1.82) is 5.26 Å². The quantitative estimate of drug-likeness (QED) is 0.576. The predicted molar refractivity (Wildman–Crippen MR) is 106 cm³/mol. The highest BCUT2D eigenvalue weighted by molar-refractivity contribution is 6.09. The second-order valence-electron chi connectivity index (χ2n) is 6.57. The number of benzene rings is 2. The highest BCUT2D eigenvalue weighted by atomic mass is 16.2. The van der Waals surface area contributed by atoms with Gasteiger partial charge in [-0.05, 0) is 60.9 Å². The third-order valence-corrected chi connectivity index (χ3v) is 4.74. The van der Waals surface area contributed by atoms with Crippen molar-refractivity contribution in [2.45, 2.75) is 13.8 Å². The predicted octanol–water partition coefficient (Wildman–Crippen LogP) is 3.04. The zero-order valence-corrected chi connectivity index (χ0v) is 15.7. The molecule has 0 saturated heterocycles. The van der Waals surface area contributed by atoms with Crippen LogP contribution >= 0.6 is 0 Å². The van der Waals surface area contributed by atoms with Gasteiger partial charge in [-0.3, -0.25) is 13.9 Å². The third kappa shape index (κ3) is 3.40. The molecule has 1 heterocycles. The Hall–Kier alpha value is -3.59. The first kappa shape index (κ1) is 18.2. The Morgan fingerprint density at radius 1 is 1.04 bits per heavy atom. The Morgan fingerprint density at radius 2 is 1.74 bits per heavy atom. The molecule has 3 rings (SSSR count). The maximum atomic E-state index is 12.5. The average Bonchev–Trinajstić information content (AvgIpc) is 2.86. The van der Waals surface area contributed by atoms with E-state index in [0.717, 1.165) is 22.2 Å². The maximum absolute atomic E-state index is 12.5. The summed E-state index contributed by atoms with van der Waals surface area (Å²) < 4.78 is 3.09. The molecule has 2 aromatic carbocycles. The number of carbonyl (C=O) groups is 1. The minimum absolute atomic E-state index is 0.00601. The largest absolute Gasteiger partial charge is 0.328 e. The summed E-state index contributed by atoms with van der Waals surface area (Å²) in [4.78, 5) is 24.5. The number of anilines is 1.